The van der Waals surface area contributed by atoms with Crippen molar-refractivity contribution in [2.24, 2.45) is 0 Å². The van der Waals surface area contributed by atoms with Crippen LogP contribution in [0, 0.1) is 0 Å². The second-order valence-corrected chi connectivity index (χ2v) is 9.35. The minimum Gasteiger partial charge on any atom is -0.497 e. The molecular formula is C31H36N2O5. The van der Waals surface area contributed by atoms with E-state index in [0.29, 0.717) is 50.6 Å². The zero-order chi connectivity index (χ0) is 26.7. The average molecular weight is 517 g/mol. The van der Waals surface area contributed by atoms with Crippen LogP contribution in [0.5, 0.6) is 17.2 Å². The SMILES string of the molecule is CCCNC(=O)C(Cc1ccccc1)N(Cc1cccc(OC)c1)C(=O)CCc1ccc2c(c1)OCCO2. The van der Waals surface area contributed by atoms with Crippen LogP contribution in [0.1, 0.15) is 36.5 Å². The lowest BCUT2D eigenvalue weighted by atomic mass is 10.0. The molecule has 1 unspecified atom stereocenters. The fourth-order valence-corrected chi connectivity index (χ4v) is 4.53. The van der Waals surface area contributed by atoms with Gasteiger partial charge in [0.1, 0.15) is 25.0 Å². The van der Waals surface area contributed by atoms with Gasteiger partial charge in [0.05, 0.1) is 7.11 Å². The smallest absolute Gasteiger partial charge is 0.243 e. The van der Waals surface area contributed by atoms with Crippen LogP contribution in [0.15, 0.2) is 72.8 Å². The molecule has 38 heavy (non-hydrogen) atoms. The van der Waals surface area contributed by atoms with E-state index in [-0.39, 0.29) is 18.2 Å². The lowest BCUT2D eigenvalue weighted by molar-refractivity contribution is -0.141. The first-order valence-electron chi connectivity index (χ1n) is 13.2. The number of hydrogen-bond donors (Lipinski definition) is 1. The second kappa shape index (κ2) is 13.5. The minimum absolute atomic E-state index is 0.0877. The van der Waals surface area contributed by atoms with Crippen molar-refractivity contribution in [3.8, 4) is 17.2 Å². The molecule has 200 valence electrons. The molecule has 2 amide bonds. The van der Waals surface area contributed by atoms with E-state index < -0.39 is 6.04 Å². The molecule has 1 aliphatic rings. The quantitative estimate of drug-likeness (QED) is 0.382. The summed E-state index contributed by atoms with van der Waals surface area (Å²) in [5, 5.41) is 3.02. The Balaban J connectivity index is 1.59. The fraction of sp³-hybridized carbons (Fsp3) is 0.355. The van der Waals surface area contributed by atoms with Crippen LogP contribution in [0.3, 0.4) is 0 Å². The largest absolute Gasteiger partial charge is 0.497 e. The van der Waals surface area contributed by atoms with Gasteiger partial charge < -0.3 is 24.4 Å². The van der Waals surface area contributed by atoms with Crippen LogP contribution < -0.4 is 19.5 Å². The van der Waals surface area contributed by atoms with E-state index in [4.69, 9.17) is 14.2 Å². The molecule has 1 atom stereocenters. The molecule has 1 N–H and O–H groups in total. The molecule has 0 bridgehead atoms. The predicted octanol–water partition coefficient (Wildman–Crippen LogP) is 4.57. The Kier molecular flexibility index (Phi) is 9.62. The molecule has 0 radical (unpaired) electrons. The normalized spacial score (nSPS) is 12.9. The lowest BCUT2D eigenvalue weighted by Gasteiger charge is -2.32. The number of aryl methyl sites for hydroxylation is 1. The summed E-state index contributed by atoms with van der Waals surface area (Å²) in [4.78, 5) is 29.0. The fourth-order valence-electron chi connectivity index (χ4n) is 4.53. The second-order valence-electron chi connectivity index (χ2n) is 9.35. The van der Waals surface area contributed by atoms with Crippen molar-refractivity contribution < 1.29 is 23.8 Å². The van der Waals surface area contributed by atoms with Gasteiger partial charge in [-0.15, -0.1) is 0 Å². The first kappa shape index (κ1) is 27.0. The van der Waals surface area contributed by atoms with Crippen molar-refractivity contribution in [3.63, 3.8) is 0 Å². The Morgan fingerprint density at radius 3 is 2.45 bits per heavy atom. The molecule has 4 rings (SSSR count). The number of carbonyl (C=O) groups excluding carboxylic acids is 2. The summed E-state index contributed by atoms with van der Waals surface area (Å²) in [6.45, 7) is 3.92. The van der Waals surface area contributed by atoms with Gasteiger partial charge in [-0.2, -0.15) is 0 Å². The average Bonchev–Trinajstić information content (AvgIpc) is 2.97. The standard InChI is InChI=1S/C31H36N2O5/c1-3-16-32-31(35)27(20-23-8-5-4-6-9-23)33(22-25-10-7-11-26(19-25)36-2)30(34)15-13-24-12-14-28-29(21-24)38-18-17-37-28/h4-12,14,19,21,27H,3,13,15-18,20,22H2,1-2H3,(H,32,35). The van der Waals surface area contributed by atoms with Crippen molar-refractivity contribution in [1.82, 2.24) is 10.2 Å². The number of nitrogens with zero attached hydrogens (tertiary/aromatic N) is 1. The van der Waals surface area contributed by atoms with Gasteiger partial charge in [-0.3, -0.25) is 9.59 Å². The molecule has 1 heterocycles. The van der Waals surface area contributed by atoms with Gasteiger partial charge in [0.2, 0.25) is 11.8 Å². The van der Waals surface area contributed by atoms with E-state index in [1.165, 1.54) is 0 Å². The third-order valence-electron chi connectivity index (χ3n) is 6.54. The first-order valence-corrected chi connectivity index (χ1v) is 13.2. The summed E-state index contributed by atoms with van der Waals surface area (Å²) < 4.78 is 16.7. The molecule has 3 aromatic rings. The molecule has 0 spiro atoms. The summed E-state index contributed by atoms with van der Waals surface area (Å²) in [5.41, 5.74) is 2.89. The van der Waals surface area contributed by atoms with E-state index in [1.807, 2.05) is 79.7 Å². The maximum Gasteiger partial charge on any atom is 0.243 e. The minimum atomic E-state index is -0.650. The number of hydrogen-bond acceptors (Lipinski definition) is 5. The van der Waals surface area contributed by atoms with Crippen LogP contribution in [-0.2, 0) is 29.0 Å². The predicted molar refractivity (Wildman–Crippen MR) is 147 cm³/mol. The summed E-state index contributed by atoms with van der Waals surface area (Å²) in [6, 6.07) is 22.6. The van der Waals surface area contributed by atoms with E-state index in [0.717, 1.165) is 28.9 Å². The highest BCUT2D eigenvalue weighted by Gasteiger charge is 2.30. The molecule has 3 aromatic carbocycles. The van der Waals surface area contributed by atoms with Crippen LogP contribution in [0.4, 0.5) is 0 Å². The molecule has 0 fully saturated rings. The van der Waals surface area contributed by atoms with Gasteiger partial charge in [-0.05, 0) is 53.8 Å². The third-order valence-corrected chi connectivity index (χ3v) is 6.54. The van der Waals surface area contributed by atoms with E-state index in [1.54, 1.807) is 12.0 Å². The zero-order valence-corrected chi connectivity index (χ0v) is 22.2. The monoisotopic (exact) mass is 516 g/mol. The van der Waals surface area contributed by atoms with Gasteiger partial charge in [-0.1, -0.05) is 55.5 Å². The van der Waals surface area contributed by atoms with Crippen molar-refractivity contribution in [2.45, 2.75) is 45.2 Å². The maximum absolute atomic E-state index is 13.8. The number of ether oxygens (including phenoxy) is 3. The van der Waals surface area contributed by atoms with Gasteiger partial charge in [0.25, 0.3) is 0 Å². The van der Waals surface area contributed by atoms with Crippen molar-refractivity contribution >= 4 is 11.8 Å². The molecular weight excluding hydrogens is 480 g/mol. The number of nitrogens with one attached hydrogen (secondary N) is 1. The Labute approximate surface area is 224 Å². The van der Waals surface area contributed by atoms with Gasteiger partial charge >= 0.3 is 0 Å². The Morgan fingerprint density at radius 2 is 1.68 bits per heavy atom. The number of amides is 2. The Morgan fingerprint density at radius 1 is 0.921 bits per heavy atom. The van der Waals surface area contributed by atoms with Crippen molar-refractivity contribution in [3.05, 3.63) is 89.5 Å². The molecule has 0 aromatic heterocycles. The van der Waals surface area contributed by atoms with Gasteiger partial charge in [-0.25, -0.2) is 0 Å². The van der Waals surface area contributed by atoms with Crippen molar-refractivity contribution in [2.75, 3.05) is 26.9 Å². The maximum atomic E-state index is 13.8. The number of carbonyl (C=O) groups is 2. The summed E-state index contributed by atoms with van der Waals surface area (Å²) in [7, 11) is 1.62. The molecule has 0 saturated carbocycles. The highest BCUT2D eigenvalue weighted by molar-refractivity contribution is 5.88. The summed E-state index contributed by atoms with van der Waals surface area (Å²) in [6.07, 6.45) is 2.03. The van der Waals surface area contributed by atoms with Crippen molar-refractivity contribution in [1.29, 1.82) is 0 Å². The van der Waals surface area contributed by atoms with E-state index >= 15 is 0 Å². The zero-order valence-electron chi connectivity index (χ0n) is 22.2. The molecule has 1 aliphatic heterocycles. The van der Waals surface area contributed by atoms with Crippen LogP contribution in [0.2, 0.25) is 0 Å². The Bertz CT molecular complexity index is 1210. The topological polar surface area (TPSA) is 77.1 Å². The summed E-state index contributed by atoms with van der Waals surface area (Å²) >= 11 is 0. The van der Waals surface area contributed by atoms with Crippen LogP contribution in [0.25, 0.3) is 0 Å². The molecule has 7 heteroatoms. The third kappa shape index (κ3) is 7.28. The van der Waals surface area contributed by atoms with Crippen LogP contribution >= 0.6 is 0 Å². The number of methoxy groups -OCH3 is 1. The van der Waals surface area contributed by atoms with E-state index in [2.05, 4.69) is 5.32 Å². The van der Waals surface area contributed by atoms with Gasteiger partial charge in [0, 0.05) is 25.9 Å². The number of rotatable bonds is 12. The highest BCUT2D eigenvalue weighted by atomic mass is 16.6. The van der Waals surface area contributed by atoms with Crippen LogP contribution in [-0.4, -0.2) is 49.6 Å². The summed E-state index contributed by atoms with van der Waals surface area (Å²) in [5.74, 6) is 1.90. The molecule has 7 nitrogen and oxygen atoms in total. The molecule has 0 saturated heterocycles. The molecule has 0 aliphatic carbocycles. The highest BCUT2D eigenvalue weighted by Crippen LogP contribution is 2.31. The lowest BCUT2D eigenvalue weighted by Crippen LogP contribution is -2.50. The van der Waals surface area contributed by atoms with E-state index in [9.17, 15) is 9.59 Å². The van der Waals surface area contributed by atoms with Gasteiger partial charge in [0.15, 0.2) is 11.5 Å². The number of benzene rings is 3. The first-order chi connectivity index (χ1) is 18.6. The Hall–Kier alpha value is -4.00. The number of fused-ring (bicyclic) bond motifs is 1.